The number of benzene rings is 3. The molecule has 0 radical (unpaired) electrons. The van der Waals surface area contributed by atoms with Gasteiger partial charge in [-0.05, 0) is 43.2 Å². The first-order chi connectivity index (χ1) is 13.7. The van der Waals surface area contributed by atoms with Gasteiger partial charge in [0.15, 0.2) is 0 Å². The number of imide groups is 1. The summed E-state index contributed by atoms with van der Waals surface area (Å²) in [5.74, 6) is -0.133. The molecule has 2 heterocycles. The van der Waals surface area contributed by atoms with Crippen molar-refractivity contribution >= 4 is 34.0 Å². The summed E-state index contributed by atoms with van der Waals surface area (Å²) in [7, 11) is 1.54. The second-order valence-corrected chi connectivity index (χ2v) is 7.17. The van der Waals surface area contributed by atoms with Gasteiger partial charge in [-0.25, -0.2) is 4.90 Å². The molecule has 28 heavy (non-hydrogen) atoms. The Morgan fingerprint density at radius 2 is 1.50 bits per heavy atom. The molecule has 2 aliphatic rings. The Morgan fingerprint density at radius 3 is 2.25 bits per heavy atom. The molecule has 2 aliphatic heterocycles. The number of hydrogen-bond acceptors (Lipinski definition) is 4. The predicted molar refractivity (Wildman–Crippen MR) is 110 cm³/mol. The predicted octanol–water partition coefficient (Wildman–Crippen LogP) is 4.25. The van der Waals surface area contributed by atoms with Gasteiger partial charge in [0, 0.05) is 40.7 Å². The van der Waals surface area contributed by atoms with Crippen LogP contribution in [0.4, 0.5) is 11.4 Å². The number of rotatable bonds is 3. The Morgan fingerprint density at radius 1 is 0.786 bits per heavy atom. The average Bonchev–Trinajstić information content (AvgIpc) is 3.26. The number of ether oxygens (including phenoxy) is 1. The third-order valence-corrected chi connectivity index (χ3v) is 5.66. The lowest BCUT2D eigenvalue weighted by Crippen LogP contribution is -2.40. The molecule has 0 N–H and O–H groups in total. The van der Waals surface area contributed by atoms with E-state index in [4.69, 9.17) is 4.74 Å². The summed E-state index contributed by atoms with van der Waals surface area (Å²) >= 11 is 0. The van der Waals surface area contributed by atoms with E-state index < -0.39 is 0 Å². The molecular weight excluding hydrogens is 352 g/mol. The van der Waals surface area contributed by atoms with Gasteiger partial charge in [-0.1, -0.05) is 24.3 Å². The van der Waals surface area contributed by atoms with Gasteiger partial charge in [-0.15, -0.1) is 0 Å². The number of carbonyl (C=O) groups excluding carboxylic acids is 2. The third-order valence-electron chi connectivity index (χ3n) is 5.66. The highest BCUT2D eigenvalue weighted by atomic mass is 16.5. The molecule has 0 bridgehead atoms. The van der Waals surface area contributed by atoms with Crippen LogP contribution in [-0.4, -0.2) is 32.0 Å². The summed E-state index contributed by atoms with van der Waals surface area (Å²) in [6.45, 7) is 2.02. The fourth-order valence-corrected chi connectivity index (χ4v) is 4.35. The van der Waals surface area contributed by atoms with E-state index in [9.17, 15) is 9.59 Å². The SMILES string of the molecule is COc1ccccc1N1C(=O)c2cccc3c(N4CCCC4)ccc(c23)C1=O. The monoisotopic (exact) mass is 372 g/mol. The van der Waals surface area contributed by atoms with Crippen LogP contribution >= 0.6 is 0 Å². The van der Waals surface area contributed by atoms with E-state index in [1.54, 1.807) is 24.3 Å². The van der Waals surface area contributed by atoms with Crippen molar-refractivity contribution in [3.63, 3.8) is 0 Å². The van der Waals surface area contributed by atoms with Crippen molar-refractivity contribution in [2.24, 2.45) is 0 Å². The van der Waals surface area contributed by atoms with E-state index in [0.717, 1.165) is 29.5 Å². The molecule has 1 fully saturated rings. The van der Waals surface area contributed by atoms with E-state index in [2.05, 4.69) is 4.90 Å². The highest BCUT2D eigenvalue weighted by molar-refractivity contribution is 6.36. The minimum absolute atomic E-state index is 0.314. The molecule has 0 unspecified atom stereocenters. The van der Waals surface area contributed by atoms with Crippen molar-refractivity contribution in [1.29, 1.82) is 0 Å². The molecule has 5 heteroatoms. The smallest absolute Gasteiger partial charge is 0.266 e. The summed E-state index contributed by atoms with van der Waals surface area (Å²) in [4.78, 5) is 30.3. The van der Waals surface area contributed by atoms with Crippen molar-refractivity contribution in [1.82, 2.24) is 0 Å². The maximum atomic E-state index is 13.4. The van der Waals surface area contributed by atoms with E-state index in [0.29, 0.717) is 22.6 Å². The molecule has 0 spiro atoms. The highest BCUT2D eigenvalue weighted by Gasteiger charge is 2.36. The van der Waals surface area contributed by atoms with Gasteiger partial charge >= 0.3 is 0 Å². The molecule has 5 nitrogen and oxygen atoms in total. The standard InChI is InChI=1S/C23H20N2O3/c1-28-20-10-3-2-9-19(20)25-22(26)16-8-6-7-15-18(24-13-4-5-14-24)12-11-17(21(15)16)23(25)27/h2-3,6-12H,4-5,13-14H2,1H3. The number of carbonyl (C=O) groups is 2. The number of hydrogen-bond donors (Lipinski definition) is 0. The molecule has 0 saturated carbocycles. The van der Waals surface area contributed by atoms with Crippen molar-refractivity contribution in [2.45, 2.75) is 12.8 Å². The molecular formula is C23H20N2O3. The van der Waals surface area contributed by atoms with Gasteiger partial charge in [0.1, 0.15) is 5.75 Å². The van der Waals surface area contributed by atoms with Crippen molar-refractivity contribution in [3.8, 4) is 5.75 Å². The highest BCUT2D eigenvalue weighted by Crippen LogP contribution is 2.40. The van der Waals surface area contributed by atoms with Crippen LogP contribution in [0.2, 0.25) is 0 Å². The lowest BCUT2D eigenvalue weighted by molar-refractivity contribution is 0.0892. The number of anilines is 2. The van der Waals surface area contributed by atoms with Gasteiger partial charge in [-0.2, -0.15) is 0 Å². The van der Waals surface area contributed by atoms with Crippen LogP contribution in [0.3, 0.4) is 0 Å². The minimum atomic E-state index is -0.314. The summed E-state index contributed by atoms with van der Waals surface area (Å²) in [5, 5.41) is 1.73. The van der Waals surface area contributed by atoms with E-state index in [1.165, 1.54) is 24.9 Å². The first kappa shape index (κ1) is 16.8. The number of methoxy groups -OCH3 is 1. The number of nitrogens with zero attached hydrogens (tertiary/aromatic N) is 2. The maximum absolute atomic E-state index is 13.4. The maximum Gasteiger partial charge on any atom is 0.266 e. The fourth-order valence-electron chi connectivity index (χ4n) is 4.35. The molecule has 2 amide bonds. The Hall–Kier alpha value is -3.34. The van der Waals surface area contributed by atoms with Crippen LogP contribution in [0.1, 0.15) is 33.6 Å². The molecule has 5 rings (SSSR count). The summed E-state index contributed by atoms with van der Waals surface area (Å²) in [6.07, 6.45) is 2.34. The van der Waals surface area contributed by atoms with E-state index in [1.807, 2.05) is 30.3 Å². The molecule has 3 aromatic rings. The first-order valence-corrected chi connectivity index (χ1v) is 9.53. The lowest BCUT2D eigenvalue weighted by Gasteiger charge is -2.30. The van der Waals surface area contributed by atoms with Gasteiger partial charge in [0.05, 0.1) is 12.8 Å². The molecule has 140 valence electrons. The van der Waals surface area contributed by atoms with E-state index in [-0.39, 0.29) is 11.8 Å². The van der Waals surface area contributed by atoms with E-state index >= 15 is 0 Å². The number of amides is 2. The molecule has 0 atom stereocenters. The summed E-state index contributed by atoms with van der Waals surface area (Å²) in [6, 6.07) is 16.7. The average molecular weight is 372 g/mol. The van der Waals surface area contributed by atoms with Crippen molar-refractivity contribution in [3.05, 3.63) is 65.7 Å². The van der Waals surface area contributed by atoms with Gasteiger partial charge in [0.2, 0.25) is 0 Å². The van der Waals surface area contributed by atoms with Crippen LogP contribution in [0, 0.1) is 0 Å². The van der Waals surface area contributed by atoms with Crippen molar-refractivity contribution in [2.75, 3.05) is 30.0 Å². The van der Waals surface area contributed by atoms with Crippen LogP contribution in [0.15, 0.2) is 54.6 Å². The molecule has 0 aliphatic carbocycles. The summed E-state index contributed by atoms with van der Waals surface area (Å²) < 4.78 is 5.39. The normalized spacial score (nSPS) is 16.2. The summed E-state index contributed by atoms with van der Waals surface area (Å²) in [5.41, 5.74) is 2.67. The lowest BCUT2D eigenvalue weighted by atomic mass is 9.92. The zero-order chi connectivity index (χ0) is 19.3. The zero-order valence-electron chi connectivity index (χ0n) is 15.6. The Kier molecular flexibility index (Phi) is 3.83. The Bertz CT molecular complexity index is 1090. The van der Waals surface area contributed by atoms with Crippen LogP contribution in [0.25, 0.3) is 10.8 Å². The molecule has 3 aromatic carbocycles. The molecule has 1 saturated heterocycles. The second kappa shape index (κ2) is 6.37. The third kappa shape index (κ3) is 2.32. The van der Waals surface area contributed by atoms with Gasteiger partial charge in [-0.3, -0.25) is 9.59 Å². The second-order valence-electron chi connectivity index (χ2n) is 7.17. The minimum Gasteiger partial charge on any atom is -0.495 e. The van der Waals surface area contributed by atoms with Crippen LogP contribution in [-0.2, 0) is 0 Å². The number of para-hydroxylation sites is 2. The quantitative estimate of drug-likeness (QED) is 0.645. The van der Waals surface area contributed by atoms with Crippen molar-refractivity contribution < 1.29 is 14.3 Å². The largest absolute Gasteiger partial charge is 0.495 e. The van der Waals surface area contributed by atoms with Crippen LogP contribution in [0.5, 0.6) is 5.75 Å². The molecule has 0 aromatic heterocycles. The van der Waals surface area contributed by atoms with Gasteiger partial charge < -0.3 is 9.64 Å². The van der Waals surface area contributed by atoms with Crippen LogP contribution < -0.4 is 14.5 Å². The zero-order valence-corrected chi connectivity index (χ0v) is 15.6. The fraction of sp³-hybridized carbons (Fsp3) is 0.217. The topological polar surface area (TPSA) is 49.9 Å². The first-order valence-electron chi connectivity index (χ1n) is 9.53. The Balaban J connectivity index is 1.72. The Labute approximate surface area is 163 Å². The van der Waals surface area contributed by atoms with Gasteiger partial charge in [0.25, 0.3) is 11.8 Å².